The summed E-state index contributed by atoms with van der Waals surface area (Å²) in [5.41, 5.74) is -0.316. The molecule has 1 aromatic carbocycles. The average molecular weight is 261 g/mol. The maximum absolute atomic E-state index is 11.4. The lowest BCUT2D eigenvalue weighted by molar-refractivity contribution is 0.332. The van der Waals surface area contributed by atoms with E-state index in [9.17, 15) is 4.79 Å². The fourth-order valence-electron chi connectivity index (χ4n) is 1.56. The highest BCUT2D eigenvalue weighted by atomic mass is 16.5. The number of aromatic nitrogens is 2. The Kier molecular flexibility index (Phi) is 4.39. The second-order valence-electron chi connectivity index (χ2n) is 3.70. The van der Waals surface area contributed by atoms with E-state index in [1.54, 1.807) is 0 Å². The average Bonchev–Trinajstić information content (AvgIpc) is 2.45. The quantitative estimate of drug-likeness (QED) is 0.766. The van der Waals surface area contributed by atoms with Crippen LogP contribution >= 0.6 is 0 Å². The number of H-pyrrole nitrogens is 1. The van der Waals surface area contributed by atoms with Crippen molar-refractivity contribution in [3.8, 4) is 11.5 Å². The van der Waals surface area contributed by atoms with E-state index >= 15 is 0 Å². The monoisotopic (exact) mass is 261 g/mol. The number of methoxy groups -OCH3 is 1. The van der Waals surface area contributed by atoms with Gasteiger partial charge in [0.25, 0.3) is 5.56 Å². The zero-order chi connectivity index (χ0) is 13.5. The van der Waals surface area contributed by atoms with Crippen LogP contribution in [-0.4, -0.2) is 30.2 Å². The summed E-state index contributed by atoms with van der Waals surface area (Å²) in [5.74, 6) is 1.38. The van der Waals surface area contributed by atoms with Gasteiger partial charge in [0.2, 0.25) is 5.75 Å². The van der Waals surface area contributed by atoms with Gasteiger partial charge in [-0.3, -0.25) is 4.79 Å². The van der Waals surface area contributed by atoms with Crippen molar-refractivity contribution < 1.29 is 9.47 Å². The number of ether oxygens (including phenoxy) is 2. The molecule has 2 aromatic rings. The molecule has 1 aromatic heterocycles. The Labute approximate surface area is 110 Å². The minimum atomic E-state index is -0.316. The van der Waals surface area contributed by atoms with Crippen LogP contribution in [0.3, 0.4) is 0 Å². The van der Waals surface area contributed by atoms with Crippen LogP contribution in [0.25, 0.3) is 0 Å². The first-order valence-electron chi connectivity index (χ1n) is 5.84. The van der Waals surface area contributed by atoms with E-state index in [1.807, 2.05) is 30.3 Å². The second-order valence-corrected chi connectivity index (χ2v) is 3.70. The number of nitrogens with one attached hydrogen (secondary N) is 2. The Morgan fingerprint density at radius 1 is 1.32 bits per heavy atom. The molecule has 6 nitrogen and oxygen atoms in total. The van der Waals surface area contributed by atoms with Gasteiger partial charge in [0, 0.05) is 0 Å². The van der Waals surface area contributed by atoms with Crippen LogP contribution in [0.4, 0.5) is 5.82 Å². The number of para-hydroxylation sites is 1. The predicted molar refractivity (Wildman–Crippen MR) is 71.8 cm³/mol. The van der Waals surface area contributed by atoms with E-state index < -0.39 is 0 Å². The van der Waals surface area contributed by atoms with Gasteiger partial charge in [-0.25, -0.2) is 4.98 Å². The summed E-state index contributed by atoms with van der Waals surface area (Å²) in [6.07, 6.45) is 1.32. The van der Waals surface area contributed by atoms with Crippen molar-refractivity contribution in [3.63, 3.8) is 0 Å². The van der Waals surface area contributed by atoms with Crippen LogP contribution < -0.4 is 20.3 Å². The predicted octanol–water partition coefficient (Wildman–Crippen LogP) is 1.27. The highest BCUT2D eigenvalue weighted by molar-refractivity contribution is 5.47. The summed E-state index contributed by atoms with van der Waals surface area (Å²) in [4.78, 5) is 17.9. The molecule has 0 unspecified atom stereocenters. The van der Waals surface area contributed by atoms with Gasteiger partial charge in [0.1, 0.15) is 12.4 Å². The van der Waals surface area contributed by atoms with Crippen molar-refractivity contribution >= 4 is 5.82 Å². The smallest absolute Gasteiger partial charge is 0.295 e. The largest absolute Gasteiger partial charge is 0.492 e. The Bertz CT molecular complexity index is 569. The molecule has 0 spiro atoms. The normalized spacial score (nSPS) is 9.95. The van der Waals surface area contributed by atoms with Gasteiger partial charge in [-0.05, 0) is 12.1 Å². The van der Waals surface area contributed by atoms with Crippen molar-refractivity contribution in [1.29, 1.82) is 0 Å². The molecular weight excluding hydrogens is 246 g/mol. The fraction of sp³-hybridized carbons (Fsp3) is 0.231. The molecule has 0 bridgehead atoms. The number of hydrogen-bond donors (Lipinski definition) is 2. The van der Waals surface area contributed by atoms with Crippen LogP contribution in [0, 0.1) is 0 Å². The molecular formula is C13H15N3O3. The molecule has 0 radical (unpaired) electrons. The zero-order valence-corrected chi connectivity index (χ0v) is 10.6. The fourth-order valence-corrected chi connectivity index (χ4v) is 1.56. The van der Waals surface area contributed by atoms with Gasteiger partial charge in [-0.1, -0.05) is 18.2 Å². The molecule has 6 heteroatoms. The van der Waals surface area contributed by atoms with Crippen molar-refractivity contribution in [1.82, 2.24) is 9.97 Å². The number of rotatable bonds is 6. The van der Waals surface area contributed by atoms with E-state index in [1.165, 1.54) is 13.4 Å². The highest BCUT2D eigenvalue weighted by Gasteiger charge is 2.07. The Hall–Kier alpha value is -2.50. The van der Waals surface area contributed by atoms with Crippen LogP contribution in [-0.2, 0) is 0 Å². The molecule has 0 aliphatic heterocycles. The van der Waals surface area contributed by atoms with E-state index in [-0.39, 0.29) is 11.3 Å². The van der Waals surface area contributed by atoms with Crippen LogP contribution in [0.2, 0.25) is 0 Å². The minimum Gasteiger partial charge on any atom is -0.492 e. The lowest BCUT2D eigenvalue weighted by Crippen LogP contribution is -2.17. The number of hydrogen-bond acceptors (Lipinski definition) is 5. The first-order chi connectivity index (χ1) is 9.31. The molecule has 19 heavy (non-hydrogen) atoms. The number of nitrogens with zero attached hydrogens (tertiary/aromatic N) is 1. The molecule has 0 atom stereocenters. The molecule has 0 amide bonds. The van der Waals surface area contributed by atoms with Gasteiger partial charge >= 0.3 is 0 Å². The van der Waals surface area contributed by atoms with E-state index in [0.717, 1.165) is 5.75 Å². The summed E-state index contributed by atoms with van der Waals surface area (Å²) in [6.45, 7) is 0.976. The van der Waals surface area contributed by atoms with E-state index in [4.69, 9.17) is 9.47 Å². The molecule has 100 valence electrons. The topological polar surface area (TPSA) is 76.2 Å². The minimum absolute atomic E-state index is 0.169. The van der Waals surface area contributed by atoms with Crippen molar-refractivity contribution in [2.45, 2.75) is 0 Å². The summed E-state index contributed by atoms with van der Waals surface area (Å²) in [6, 6.07) is 9.50. The third-order valence-electron chi connectivity index (χ3n) is 2.42. The number of aromatic amines is 1. The van der Waals surface area contributed by atoms with Gasteiger partial charge in [-0.2, -0.15) is 0 Å². The second kappa shape index (κ2) is 6.44. The third kappa shape index (κ3) is 3.48. The lowest BCUT2D eigenvalue weighted by atomic mass is 10.3. The van der Waals surface area contributed by atoms with Crippen LogP contribution in [0.5, 0.6) is 11.5 Å². The Morgan fingerprint density at radius 2 is 2.11 bits per heavy atom. The Balaban J connectivity index is 1.86. The highest BCUT2D eigenvalue weighted by Crippen LogP contribution is 2.13. The maximum Gasteiger partial charge on any atom is 0.295 e. The van der Waals surface area contributed by atoms with Crippen molar-refractivity contribution in [2.24, 2.45) is 0 Å². The van der Waals surface area contributed by atoms with Crippen molar-refractivity contribution in [2.75, 3.05) is 25.6 Å². The molecule has 0 aliphatic carbocycles. The summed E-state index contributed by atoms with van der Waals surface area (Å²) in [5, 5.41) is 2.99. The van der Waals surface area contributed by atoms with Crippen LogP contribution in [0.1, 0.15) is 0 Å². The number of anilines is 1. The molecule has 1 heterocycles. The molecule has 0 saturated carbocycles. The molecule has 0 saturated heterocycles. The summed E-state index contributed by atoms with van der Waals surface area (Å²) in [7, 11) is 1.43. The maximum atomic E-state index is 11.4. The van der Waals surface area contributed by atoms with E-state index in [2.05, 4.69) is 15.3 Å². The van der Waals surface area contributed by atoms with Crippen LogP contribution in [0.15, 0.2) is 41.5 Å². The summed E-state index contributed by atoms with van der Waals surface area (Å²) < 4.78 is 10.5. The molecule has 2 N–H and O–H groups in total. The number of benzene rings is 1. The first-order valence-corrected chi connectivity index (χ1v) is 5.84. The zero-order valence-electron chi connectivity index (χ0n) is 10.6. The third-order valence-corrected chi connectivity index (χ3v) is 2.42. The lowest BCUT2D eigenvalue weighted by Gasteiger charge is -2.09. The standard InChI is InChI=1S/C13H15N3O3/c1-18-11-12(15-9-16-13(11)17)14-7-8-19-10-5-3-2-4-6-10/h2-6,9H,7-8H2,1H3,(H2,14,15,16,17). The molecule has 0 aliphatic rings. The summed E-state index contributed by atoms with van der Waals surface area (Å²) >= 11 is 0. The molecule has 2 rings (SSSR count). The Morgan fingerprint density at radius 3 is 2.84 bits per heavy atom. The van der Waals surface area contributed by atoms with E-state index in [0.29, 0.717) is 19.0 Å². The SMILES string of the molecule is COc1c(NCCOc2ccccc2)nc[nH]c1=O. The van der Waals surface area contributed by atoms with Gasteiger partial charge in [0.05, 0.1) is 20.0 Å². The molecule has 0 fully saturated rings. The first kappa shape index (κ1) is 12.9. The van der Waals surface area contributed by atoms with Crippen molar-refractivity contribution in [3.05, 3.63) is 47.0 Å². The van der Waals surface area contributed by atoms with Gasteiger partial charge in [0.15, 0.2) is 5.82 Å². The van der Waals surface area contributed by atoms with Gasteiger partial charge < -0.3 is 19.8 Å². The van der Waals surface area contributed by atoms with Gasteiger partial charge in [-0.15, -0.1) is 0 Å².